The highest BCUT2D eigenvalue weighted by molar-refractivity contribution is 6.01. The van der Waals surface area contributed by atoms with Gasteiger partial charge in [0, 0.05) is 12.5 Å². The van der Waals surface area contributed by atoms with Crippen LogP contribution in [0.1, 0.15) is 65.0 Å². The van der Waals surface area contributed by atoms with Crippen molar-refractivity contribution in [2.45, 2.75) is 71.1 Å². The molecule has 0 aliphatic heterocycles. The Bertz CT molecular complexity index is 1270. The van der Waals surface area contributed by atoms with Gasteiger partial charge in [-0.25, -0.2) is 19.2 Å². The molecule has 42 heavy (non-hydrogen) atoms. The maximum Gasteiger partial charge on any atom is 0.414 e. The molecule has 12 nitrogen and oxygen atoms in total. The SMILES string of the molecule is CC(C)(C)OC(=O)NC(=NCCC(NC(=O)OCC1c2ccccc2-c2ccccc21)C(=O)O)NC(=O)OC(C)(C)C. The van der Waals surface area contributed by atoms with Crippen molar-refractivity contribution >= 4 is 30.2 Å². The van der Waals surface area contributed by atoms with Gasteiger partial charge in [0.2, 0.25) is 5.96 Å². The molecule has 0 spiro atoms. The number of amides is 3. The Labute approximate surface area is 244 Å². The van der Waals surface area contributed by atoms with Crippen LogP contribution < -0.4 is 16.0 Å². The summed E-state index contributed by atoms with van der Waals surface area (Å²) in [6, 6.07) is 14.4. The van der Waals surface area contributed by atoms with Gasteiger partial charge in [-0.3, -0.25) is 15.6 Å². The first-order valence-corrected chi connectivity index (χ1v) is 13.5. The summed E-state index contributed by atoms with van der Waals surface area (Å²) >= 11 is 0. The van der Waals surface area contributed by atoms with E-state index in [-0.39, 0.29) is 31.4 Å². The first kappa shape index (κ1) is 31.9. The fourth-order valence-electron chi connectivity index (χ4n) is 4.26. The molecule has 3 amide bonds. The van der Waals surface area contributed by atoms with E-state index in [2.05, 4.69) is 20.9 Å². The average Bonchev–Trinajstić information content (AvgIpc) is 3.18. The van der Waals surface area contributed by atoms with Crippen LogP contribution in [0.25, 0.3) is 11.1 Å². The van der Waals surface area contributed by atoms with Crippen LogP contribution in [0.15, 0.2) is 53.5 Å². The molecule has 226 valence electrons. The van der Waals surface area contributed by atoms with Crippen molar-refractivity contribution < 1.29 is 38.5 Å². The van der Waals surface area contributed by atoms with Crippen molar-refractivity contribution in [1.82, 2.24) is 16.0 Å². The van der Waals surface area contributed by atoms with E-state index in [1.54, 1.807) is 41.5 Å². The molecular weight excluding hydrogens is 544 g/mol. The number of nitrogens with one attached hydrogen (secondary N) is 3. The van der Waals surface area contributed by atoms with Crippen LogP contribution in [0.3, 0.4) is 0 Å². The summed E-state index contributed by atoms with van der Waals surface area (Å²) in [5, 5.41) is 16.7. The summed E-state index contributed by atoms with van der Waals surface area (Å²) in [5.41, 5.74) is 2.56. The molecule has 1 atom stereocenters. The number of carboxylic acid groups (broad SMARTS) is 1. The number of aliphatic carboxylic acids is 1. The summed E-state index contributed by atoms with van der Waals surface area (Å²) < 4.78 is 15.8. The molecule has 0 radical (unpaired) electrons. The van der Waals surface area contributed by atoms with E-state index in [0.29, 0.717) is 0 Å². The van der Waals surface area contributed by atoms with Crippen LogP contribution in [0.5, 0.6) is 0 Å². The predicted molar refractivity (Wildman–Crippen MR) is 155 cm³/mol. The number of hydrogen-bond acceptors (Lipinski definition) is 8. The third-order valence-electron chi connectivity index (χ3n) is 5.86. The number of carbonyl (C=O) groups is 4. The molecule has 1 unspecified atom stereocenters. The van der Waals surface area contributed by atoms with E-state index < -0.39 is 41.5 Å². The van der Waals surface area contributed by atoms with Gasteiger partial charge < -0.3 is 24.6 Å². The van der Waals surface area contributed by atoms with Gasteiger partial charge in [0.05, 0.1) is 0 Å². The van der Waals surface area contributed by atoms with Crippen molar-refractivity contribution in [3.8, 4) is 11.1 Å². The van der Waals surface area contributed by atoms with Gasteiger partial charge in [0.25, 0.3) is 0 Å². The van der Waals surface area contributed by atoms with Gasteiger partial charge in [-0.2, -0.15) is 0 Å². The molecule has 2 aromatic carbocycles. The zero-order valence-electron chi connectivity index (χ0n) is 24.6. The second-order valence-electron chi connectivity index (χ2n) is 11.6. The minimum Gasteiger partial charge on any atom is -0.480 e. The van der Waals surface area contributed by atoms with Crippen LogP contribution in [0.4, 0.5) is 14.4 Å². The Hall–Kier alpha value is -4.61. The molecule has 2 aromatic rings. The normalized spacial score (nSPS) is 13.1. The Kier molecular flexibility index (Phi) is 10.2. The zero-order chi connectivity index (χ0) is 31.1. The minimum atomic E-state index is -1.35. The molecule has 0 aromatic heterocycles. The van der Waals surface area contributed by atoms with Gasteiger partial charge in [0.15, 0.2) is 0 Å². The quantitative estimate of drug-likeness (QED) is 0.206. The highest BCUT2D eigenvalue weighted by Crippen LogP contribution is 2.44. The van der Waals surface area contributed by atoms with Crippen LogP contribution >= 0.6 is 0 Å². The molecule has 1 aliphatic rings. The molecule has 1 aliphatic carbocycles. The second-order valence-corrected chi connectivity index (χ2v) is 11.6. The van der Waals surface area contributed by atoms with E-state index >= 15 is 0 Å². The number of alkyl carbamates (subject to hydrolysis) is 3. The van der Waals surface area contributed by atoms with Crippen molar-refractivity contribution in [2.75, 3.05) is 13.2 Å². The Morgan fingerprint density at radius 1 is 0.810 bits per heavy atom. The zero-order valence-corrected chi connectivity index (χ0v) is 24.6. The lowest BCUT2D eigenvalue weighted by Crippen LogP contribution is -2.47. The number of benzene rings is 2. The molecule has 12 heteroatoms. The van der Waals surface area contributed by atoms with Gasteiger partial charge >= 0.3 is 24.2 Å². The standard InChI is InChI=1S/C30H38N4O8/c1-29(2,3)41-27(38)33-25(34-28(39)42-30(4,5)6)31-16-15-23(24(35)36)32-26(37)40-17-22-20-13-9-7-11-18(20)19-12-8-10-14-21(19)22/h7-14,22-23H,15-17H2,1-6H3,(H,32,37)(H,35,36)(H2,31,33,34,38,39). The molecule has 0 bridgehead atoms. The van der Waals surface area contributed by atoms with Crippen molar-refractivity contribution in [3.63, 3.8) is 0 Å². The molecule has 0 saturated carbocycles. The van der Waals surface area contributed by atoms with Gasteiger partial charge in [-0.1, -0.05) is 48.5 Å². The Morgan fingerprint density at radius 3 is 1.74 bits per heavy atom. The lowest BCUT2D eigenvalue weighted by molar-refractivity contribution is -0.139. The summed E-state index contributed by atoms with van der Waals surface area (Å²) in [6.07, 6.45) is -2.84. The smallest absolute Gasteiger partial charge is 0.414 e. The van der Waals surface area contributed by atoms with Gasteiger partial charge in [-0.15, -0.1) is 0 Å². The Balaban J connectivity index is 1.62. The van der Waals surface area contributed by atoms with Crippen molar-refractivity contribution in [3.05, 3.63) is 59.7 Å². The van der Waals surface area contributed by atoms with E-state index in [9.17, 15) is 24.3 Å². The summed E-state index contributed by atoms with van der Waals surface area (Å²) in [6.45, 7) is 9.81. The number of fused-ring (bicyclic) bond motifs is 3. The number of hydrogen-bond donors (Lipinski definition) is 4. The monoisotopic (exact) mass is 582 g/mol. The summed E-state index contributed by atoms with van der Waals surface area (Å²) in [5.74, 6) is -1.79. The number of carboxylic acids is 1. The summed E-state index contributed by atoms with van der Waals surface area (Å²) in [4.78, 5) is 53.1. The summed E-state index contributed by atoms with van der Waals surface area (Å²) in [7, 11) is 0. The molecule has 0 saturated heterocycles. The molecule has 0 fully saturated rings. The number of carbonyl (C=O) groups excluding carboxylic acids is 3. The lowest BCUT2D eigenvalue weighted by Gasteiger charge is -2.22. The number of nitrogens with zero attached hydrogens (tertiary/aromatic N) is 1. The first-order valence-electron chi connectivity index (χ1n) is 13.5. The van der Waals surface area contributed by atoms with E-state index in [1.807, 2.05) is 48.5 Å². The van der Waals surface area contributed by atoms with Crippen molar-refractivity contribution in [2.24, 2.45) is 4.99 Å². The molecule has 3 rings (SSSR count). The number of aliphatic imine (C=N–C) groups is 1. The fraction of sp³-hybridized carbons (Fsp3) is 0.433. The average molecular weight is 583 g/mol. The minimum absolute atomic E-state index is 0.0219. The molecular formula is C30H38N4O8. The highest BCUT2D eigenvalue weighted by atomic mass is 16.6. The van der Waals surface area contributed by atoms with E-state index in [4.69, 9.17) is 14.2 Å². The third kappa shape index (κ3) is 9.50. The van der Waals surface area contributed by atoms with Gasteiger partial charge in [0.1, 0.15) is 23.9 Å². The molecule has 0 heterocycles. The van der Waals surface area contributed by atoms with Crippen LogP contribution in [0.2, 0.25) is 0 Å². The predicted octanol–water partition coefficient (Wildman–Crippen LogP) is 4.77. The first-order chi connectivity index (χ1) is 19.6. The van der Waals surface area contributed by atoms with Crippen LogP contribution in [-0.2, 0) is 19.0 Å². The molecule has 4 N–H and O–H groups in total. The Morgan fingerprint density at radius 2 is 1.29 bits per heavy atom. The third-order valence-corrected chi connectivity index (χ3v) is 5.86. The number of rotatable bonds is 7. The van der Waals surface area contributed by atoms with Crippen LogP contribution in [-0.4, -0.2) is 65.7 Å². The van der Waals surface area contributed by atoms with Crippen molar-refractivity contribution in [1.29, 1.82) is 0 Å². The topological polar surface area (TPSA) is 165 Å². The fourth-order valence-corrected chi connectivity index (χ4v) is 4.26. The number of ether oxygens (including phenoxy) is 3. The maximum atomic E-state index is 12.6. The number of guanidine groups is 1. The van der Waals surface area contributed by atoms with E-state index in [0.717, 1.165) is 22.3 Å². The largest absolute Gasteiger partial charge is 0.480 e. The van der Waals surface area contributed by atoms with Gasteiger partial charge in [-0.05, 0) is 70.2 Å². The highest BCUT2D eigenvalue weighted by Gasteiger charge is 2.30. The maximum absolute atomic E-state index is 12.6. The van der Waals surface area contributed by atoms with E-state index in [1.165, 1.54) is 0 Å². The van der Waals surface area contributed by atoms with Crippen LogP contribution in [0, 0.1) is 0 Å². The second kappa shape index (κ2) is 13.4. The lowest BCUT2D eigenvalue weighted by atomic mass is 9.98.